The largest absolute Gasteiger partial charge is 0.497 e. The number of ether oxygens (including phenoxy) is 1. The number of nitro benzene ring substituents is 1. The van der Waals surface area contributed by atoms with Crippen molar-refractivity contribution < 1.29 is 19.2 Å². The number of carbonyl (C=O) groups excluding carboxylic acids is 2. The number of carbonyl (C=O) groups is 2. The molecule has 0 fully saturated rings. The zero-order valence-electron chi connectivity index (χ0n) is 14.6. The van der Waals surface area contributed by atoms with Crippen molar-refractivity contribution in [3.63, 3.8) is 0 Å². The van der Waals surface area contributed by atoms with Crippen molar-refractivity contribution >= 4 is 28.9 Å². The first-order valence-corrected chi connectivity index (χ1v) is 7.86. The van der Waals surface area contributed by atoms with E-state index in [1.807, 2.05) is 0 Å². The Bertz CT molecular complexity index is 831. The third kappa shape index (κ3) is 4.56. The Kier molecular flexibility index (Phi) is 5.90. The molecular weight excluding hydrogens is 338 g/mol. The molecule has 2 rings (SSSR count). The minimum atomic E-state index is -0.630. The van der Waals surface area contributed by atoms with Crippen LogP contribution in [0.25, 0.3) is 0 Å². The van der Waals surface area contributed by atoms with Gasteiger partial charge in [0.25, 0.3) is 11.6 Å². The van der Waals surface area contributed by atoms with E-state index in [0.29, 0.717) is 17.1 Å². The standard InChI is InChI=1S/C18H19N3O5/c1-11(2)17(22)19-12-4-6-13(7-5-12)20-18(23)15-10-14(26-3)8-9-16(15)21(24)25/h4-11H,1-3H3,(H,19,22)(H,20,23). The molecule has 0 atom stereocenters. The zero-order chi connectivity index (χ0) is 19.3. The van der Waals surface area contributed by atoms with Crippen molar-refractivity contribution in [3.05, 3.63) is 58.1 Å². The number of nitro groups is 1. The highest BCUT2D eigenvalue weighted by Crippen LogP contribution is 2.25. The fourth-order valence-electron chi connectivity index (χ4n) is 2.11. The monoisotopic (exact) mass is 357 g/mol. The second kappa shape index (κ2) is 8.11. The Morgan fingerprint density at radius 2 is 1.62 bits per heavy atom. The predicted molar refractivity (Wildman–Crippen MR) is 97.5 cm³/mol. The maximum absolute atomic E-state index is 12.4. The lowest BCUT2D eigenvalue weighted by atomic mass is 10.1. The summed E-state index contributed by atoms with van der Waals surface area (Å²) in [6, 6.07) is 10.4. The van der Waals surface area contributed by atoms with E-state index in [1.165, 1.54) is 25.3 Å². The van der Waals surface area contributed by atoms with Crippen LogP contribution in [0.5, 0.6) is 5.75 Å². The van der Waals surface area contributed by atoms with E-state index in [1.54, 1.807) is 38.1 Å². The van der Waals surface area contributed by atoms with E-state index in [0.717, 1.165) is 0 Å². The molecule has 0 radical (unpaired) electrons. The third-order valence-corrected chi connectivity index (χ3v) is 3.58. The summed E-state index contributed by atoms with van der Waals surface area (Å²) in [4.78, 5) is 34.6. The average molecular weight is 357 g/mol. The van der Waals surface area contributed by atoms with Crippen LogP contribution in [0.15, 0.2) is 42.5 Å². The van der Waals surface area contributed by atoms with Gasteiger partial charge in [-0.1, -0.05) is 13.8 Å². The molecule has 0 aromatic heterocycles. The SMILES string of the molecule is COc1ccc([N+](=O)[O-])c(C(=O)Nc2ccc(NC(=O)C(C)C)cc2)c1. The fraction of sp³-hybridized carbons (Fsp3) is 0.222. The lowest BCUT2D eigenvalue weighted by Gasteiger charge is -2.10. The van der Waals surface area contributed by atoms with Crippen LogP contribution < -0.4 is 15.4 Å². The quantitative estimate of drug-likeness (QED) is 0.608. The molecule has 26 heavy (non-hydrogen) atoms. The van der Waals surface area contributed by atoms with Gasteiger partial charge in [-0.05, 0) is 36.4 Å². The normalized spacial score (nSPS) is 10.3. The summed E-state index contributed by atoms with van der Waals surface area (Å²) in [7, 11) is 1.41. The van der Waals surface area contributed by atoms with Gasteiger partial charge >= 0.3 is 0 Å². The summed E-state index contributed by atoms with van der Waals surface area (Å²) in [5, 5.41) is 16.5. The number of nitrogens with one attached hydrogen (secondary N) is 2. The molecule has 0 aliphatic heterocycles. The lowest BCUT2D eigenvalue weighted by molar-refractivity contribution is -0.385. The highest BCUT2D eigenvalue weighted by Gasteiger charge is 2.21. The number of anilines is 2. The molecule has 0 spiro atoms. The summed E-state index contributed by atoms with van der Waals surface area (Å²) in [6.07, 6.45) is 0. The van der Waals surface area contributed by atoms with Crippen molar-refractivity contribution in [1.29, 1.82) is 0 Å². The van der Waals surface area contributed by atoms with E-state index < -0.39 is 10.8 Å². The van der Waals surface area contributed by atoms with Crippen molar-refractivity contribution in [3.8, 4) is 5.75 Å². The van der Waals surface area contributed by atoms with E-state index in [9.17, 15) is 19.7 Å². The molecule has 2 N–H and O–H groups in total. The minimum absolute atomic E-state index is 0.105. The van der Waals surface area contributed by atoms with Gasteiger partial charge in [-0.15, -0.1) is 0 Å². The molecule has 0 bridgehead atoms. The molecule has 2 aromatic carbocycles. The van der Waals surface area contributed by atoms with Crippen LogP contribution in [0.2, 0.25) is 0 Å². The first kappa shape index (κ1) is 18.9. The maximum atomic E-state index is 12.4. The Morgan fingerprint density at radius 1 is 1.04 bits per heavy atom. The number of amides is 2. The molecule has 136 valence electrons. The van der Waals surface area contributed by atoms with Gasteiger partial charge in [0.05, 0.1) is 12.0 Å². The summed E-state index contributed by atoms with van der Waals surface area (Å²) >= 11 is 0. The van der Waals surface area contributed by atoms with Gasteiger partial charge in [0.2, 0.25) is 5.91 Å². The highest BCUT2D eigenvalue weighted by atomic mass is 16.6. The predicted octanol–water partition coefficient (Wildman–Crippen LogP) is 3.45. The van der Waals surface area contributed by atoms with Crippen molar-refractivity contribution in [2.45, 2.75) is 13.8 Å². The van der Waals surface area contributed by atoms with Crippen LogP contribution >= 0.6 is 0 Å². The van der Waals surface area contributed by atoms with Crippen LogP contribution in [0.3, 0.4) is 0 Å². The molecular formula is C18H19N3O5. The Labute approximate surface area is 150 Å². The number of nitrogens with zero attached hydrogens (tertiary/aromatic N) is 1. The molecule has 0 aliphatic carbocycles. The summed E-state index contributed by atoms with van der Waals surface area (Å²) in [5.74, 6) is -0.557. The molecule has 0 aliphatic rings. The molecule has 0 heterocycles. The van der Waals surface area contributed by atoms with E-state index >= 15 is 0 Å². The molecule has 0 unspecified atom stereocenters. The second-order valence-electron chi connectivity index (χ2n) is 5.82. The first-order chi connectivity index (χ1) is 12.3. The maximum Gasteiger partial charge on any atom is 0.282 e. The summed E-state index contributed by atoms with van der Waals surface area (Å²) < 4.78 is 5.02. The Balaban J connectivity index is 2.17. The van der Waals surface area contributed by atoms with Gasteiger partial charge in [-0.3, -0.25) is 19.7 Å². The zero-order valence-corrected chi connectivity index (χ0v) is 14.6. The van der Waals surface area contributed by atoms with Crippen LogP contribution in [0.4, 0.5) is 17.1 Å². The molecule has 8 nitrogen and oxygen atoms in total. The highest BCUT2D eigenvalue weighted by molar-refractivity contribution is 6.07. The topological polar surface area (TPSA) is 111 Å². The Hall–Kier alpha value is -3.42. The second-order valence-corrected chi connectivity index (χ2v) is 5.82. The number of hydrogen-bond donors (Lipinski definition) is 2. The summed E-state index contributed by atoms with van der Waals surface area (Å²) in [6.45, 7) is 3.57. The van der Waals surface area contributed by atoms with Crippen molar-refractivity contribution in [2.75, 3.05) is 17.7 Å². The lowest BCUT2D eigenvalue weighted by Crippen LogP contribution is -2.17. The van der Waals surface area contributed by atoms with Crippen molar-refractivity contribution in [1.82, 2.24) is 0 Å². The van der Waals surface area contributed by atoms with Gasteiger partial charge < -0.3 is 15.4 Å². The van der Waals surface area contributed by atoms with E-state index in [-0.39, 0.29) is 23.1 Å². The number of methoxy groups -OCH3 is 1. The third-order valence-electron chi connectivity index (χ3n) is 3.58. The van der Waals surface area contributed by atoms with Crippen LogP contribution in [-0.4, -0.2) is 23.8 Å². The van der Waals surface area contributed by atoms with Crippen molar-refractivity contribution in [2.24, 2.45) is 5.92 Å². The molecule has 8 heteroatoms. The van der Waals surface area contributed by atoms with Gasteiger partial charge in [0.15, 0.2) is 0 Å². The number of rotatable bonds is 6. The van der Waals surface area contributed by atoms with E-state index in [4.69, 9.17) is 4.74 Å². The number of benzene rings is 2. The molecule has 0 saturated carbocycles. The van der Waals surface area contributed by atoms with Gasteiger partial charge in [0.1, 0.15) is 11.3 Å². The van der Waals surface area contributed by atoms with Gasteiger partial charge in [-0.25, -0.2) is 0 Å². The average Bonchev–Trinajstić information content (AvgIpc) is 2.62. The van der Waals surface area contributed by atoms with Crippen LogP contribution in [-0.2, 0) is 4.79 Å². The fourth-order valence-corrected chi connectivity index (χ4v) is 2.11. The minimum Gasteiger partial charge on any atom is -0.497 e. The smallest absolute Gasteiger partial charge is 0.282 e. The van der Waals surface area contributed by atoms with Gasteiger partial charge in [0, 0.05) is 23.4 Å². The molecule has 2 aromatic rings. The first-order valence-electron chi connectivity index (χ1n) is 7.86. The van der Waals surface area contributed by atoms with Gasteiger partial charge in [-0.2, -0.15) is 0 Å². The van der Waals surface area contributed by atoms with Crippen LogP contribution in [0, 0.1) is 16.0 Å². The Morgan fingerprint density at radius 3 is 2.12 bits per heavy atom. The molecule has 0 saturated heterocycles. The van der Waals surface area contributed by atoms with Crippen LogP contribution in [0.1, 0.15) is 24.2 Å². The summed E-state index contributed by atoms with van der Waals surface area (Å²) in [5.41, 5.74) is 0.611. The van der Waals surface area contributed by atoms with E-state index in [2.05, 4.69) is 10.6 Å². The molecule has 2 amide bonds. The number of hydrogen-bond acceptors (Lipinski definition) is 5.